The molecule has 110 valence electrons. The fourth-order valence-electron chi connectivity index (χ4n) is 2.29. The van der Waals surface area contributed by atoms with Crippen LogP contribution in [0.5, 0.6) is 5.75 Å². The Kier molecular flexibility index (Phi) is 4.17. The van der Waals surface area contributed by atoms with Crippen LogP contribution in [-0.4, -0.2) is 39.0 Å². The molecule has 1 saturated heterocycles. The van der Waals surface area contributed by atoms with E-state index in [1.165, 1.54) is 13.2 Å². The van der Waals surface area contributed by atoms with E-state index in [0.717, 1.165) is 0 Å². The lowest BCUT2D eigenvalue weighted by Gasteiger charge is -2.13. The van der Waals surface area contributed by atoms with Gasteiger partial charge in [-0.15, -0.1) is 0 Å². The van der Waals surface area contributed by atoms with E-state index in [-0.39, 0.29) is 18.2 Å². The van der Waals surface area contributed by atoms with Crippen LogP contribution in [0.4, 0.5) is 5.69 Å². The minimum atomic E-state index is -3.06. The standard InChI is InChI=1S/C13H18N2O4S/c1-19-12-5-4-9(14)7-11(12)13(16)15-8-10-3-2-6-20(10,17)18/h4-5,7,10H,2-3,6,8,14H2,1H3,(H,15,16). The molecule has 7 heteroatoms. The Balaban J connectivity index is 2.07. The summed E-state index contributed by atoms with van der Waals surface area (Å²) in [7, 11) is -1.60. The summed E-state index contributed by atoms with van der Waals surface area (Å²) in [6.45, 7) is 0.124. The summed E-state index contributed by atoms with van der Waals surface area (Å²) in [6.07, 6.45) is 1.25. The van der Waals surface area contributed by atoms with Crippen molar-refractivity contribution in [3.8, 4) is 5.75 Å². The van der Waals surface area contributed by atoms with Crippen LogP contribution in [0, 0.1) is 0 Å². The van der Waals surface area contributed by atoms with Gasteiger partial charge in [-0.05, 0) is 31.0 Å². The van der Waals surface area contributed by atoms with Gasteiger partial charge in [0.2, 0.25) is 0 Å². The molecule has 0 radical (unpaired) electrons. The van der Waals surface area contributed by atoms with Crippen molar-refractivity contribution in [2.75, 3.05) is 25.1 Å². The van der Waals surface area contributed by atoms with Crippen LogP contribution in [0.1, 0.15) is 23.2 Å². The van der Waals surface area contributed by atoms with Gasteiger partial charge in [0, 0.05) is 12.2 Å². The van der Waals surface area contributed by atoms with Crippen molar-refractivity contribution in [3.63, 3.8) is 0 Å². The van der Waals surface area contributed by atoms with Crippen molar-refractivity contribution in [2.24, 2.45) is 0 Å². The van der Waals surface area contributed by atoms with Gasteiger partial charge >= 0.3 is 0 Å². The minimum Gasteiger partial charge on any atom is -0.496 e. The molecule has 0 saturated carbocycles. The first kappa shape index (κ1) is 14.6. The SMILES string of the molecule is COc1ccc(N)cc1C(=O)NCC1CCCS1(=O)=O. The third-order valence-electron chi connectivity index (χ3n) is 3.42. The number of ether oxygens (including phenoxy) is 1. The molecule has 0 aliphatic carbocycles. The summed E-state index contributed by atoms with van der Waals surface area (Å²) in [5, 5.41) is 2.16. The molecule has 0 bridgehead atoms. The van der Waals surface area contributed by atoms with Crippen LogP contribution in [0.15, 0.2) is 18.2 Å². The number of methoxy groups -OCH3 is 1. The number of nitrogen functional groups attached to an aromatic ring is 1. The van der Waals surface area contributed by atoms with E-state index in [0.29, 0.717) is 29.8 Å². The fraction of sp³-hybridized carbons (Fsp3) is 0.462. The number of rotatable bonds is 4. The average molecular weight is 298 g/mol. The number of hydrogen-bond donors (Lipinski definition) is 2. The molecule has 0 spiro atoms. The molecule has 1 unspecified atom stereocenters. The van der Waals surface area contributed by atoms with Crippen LogP contribution in [-0.2, 0) is 9.84 Å². The highest BCUT2D eigenvalue weighted by atomic mass is 32.2. The van der Waals surface area contributed by atoms with E-state index >= 15 is 0 Å². The van der Waals surface area contributed by atoms with Gasteiger partial charge in [-0.2, -0.15) is 0 Å². The van der Waals surface area contributed by atoms with Crippen molar-refractivity contribution in [1.82, 2.24) is 5.32 Å². The molecule has 1 aromatic rings. The maximum absolute atomic E-state index is 12.1. The number of carbonyl (C=O) groups excluding carboxylic acids is 1. The quantitative estimate of drug-likeness (QED) is 0.792. The molecule has 2 rings (SSSR count). The predicted octanol–water partition coefficient (Wildman–Crippen LogP) is 0.584. The Morgan fingerprint density at radius 1 is 1.50 bits per heavy atom. The third-order valence-corrected chi connectivity index (χ3v) is 5.70. The highest BCUT2D eigenvalue weighted by Gasteiger charge is 2.31. The number of amides is 1. The number of benzene rings is 1. The molecule has 1 aliphatic rings. The molecule has 1 heterocycles. The van der Waals surface area contributed by atoms with Crippen LogP contribution in [0.3, 0.4) is 0 Å². The van der Waals surface area contributed by atoms with Gasteiger partial charge < -0.3 is 15.8 Å². The van der Waals surface area contributed by atoms with Gasteiger partial charge in [-0.25, -0.2) is 8.42 Å². The van der Waals surface area contributed by atoms with E-state index in [1.54, 1.807) is 12.1 Å². The number of nitrogens with one attached hydrogen (secondary N) is 1. The van der Waals surface area contributed by atoms with Crippen molar-refractivity contribution in [3.05, 3.63) is 23.8 Å². The lowest BCUT2D eigenvalue weighted by Crippen LogP contribution is -2.34. The van der Waals surface area contributed by atoms with Gasteiger partial charge in [0.05, 0.1) is 23.7 Å². The molecule has 3 N–H and O–H groups in total. The maximum Gasteiger partial charge on any atom is 0.255 e. The van der Waals surface area contributed by atoms with E-state index in [2.05, 4.69) is 5.32 Å². The summed E-state index contributed by atoms with van der Waals surface area (Å²) >= 11 is 0. The van der Waals surface area contributed by atoms with Crippen LogP contribution < -0.4 is 15.8 Å². The Morgan fingerprint density at radius 2 is 2.25 bits per heavy atom. The summed E-state index contributed by atoms with van der Waals surface area (Å²) in [5.41, 5.74) is 6.41. The van der Waals surface area contributed by atoms with E-state index in [1.807, 2.05) is 0 Å². The first-order valence-electron chi connectivity index (χ1n) is 6.37. The summed E-state index contributed by atoms with van der Waals surface area (Å²) < 4.78 is 28.5. The van der Waals surface area contributed by atoms with Gasteiger partial charge in [-0.3, -0.25) is 4.79 Å². The number of nitrogens with two attached hydrogens (primary N) is 1. The monoisotopic (exact) mass is 298 g/mol. The van der Waals surface area contributed by atoms with Gasteiger partial charge in [0.15, 0.2) is 9.84 Å². The smallest absolute Gasteiger partial charge is 0.255 e. The summed E-state index contributed by atoms with van der Waals surface area (Å²) in [6, 6.07) is 4.75. The largest absolute Gasteiger partial charge is 0.496 e. The Hall–Kier alpha value is -1.76. The molecule has 1 atom stereocenters. The highest BCUT2D eigenvalue weighted by molar-refractivity contribution is 7.92. The zero-order valence-corrected chi connectivity index (χ0v) is 12.1. The van der Waals surface area contributed by atoms with Gasteiger partial charge in [0.25, 0.3) is 5.91 Å². The van der Waals surface area contributed by atoms with Crippen LogP contribution >= 0.6 is 0 Å². The number of hydrogen-bond acceptors (Lipinski definition) is 5. The third kappa shape index (κ3) is 3.04. The summed E-state index contributed by atoms with van der Waals surface area (Å²) in [4.78, 5) is 12.1. The van der Waals surface area contributed by atoms with Crippen LogP contribution in [0.25, 0.3) is 0 Å². The Morgan fingerprint density at radius 3 is 2.85 bits per heavy atom. The van der Waals surface area contributed by atoms with Crippen molar-refractivity contribution in [2.45, 2.75) is 18.1 Å². The molecule has 1 fully saturated rings. The number of anilines is 1. The second-order valence-corrected chi connectivity index (χ2v) is 7.20. The molecule has 1 aliphatic heterocycles. The van der Waals surface area contributed by atoms with Crippen LogP contribution in [0.2, 0.25) is 0 Å². The van der Waals surface area contributed by atoms with E-state index in [9.17, 15) is 13.2 Å². The van der Waals surface area contributed by atoms with Gasteiger partial charge in [0.1, 0.15) is 5.75 Å². The first-order valence-corrected chi connectivity index (χ1v) is 8.09. The topological polar surface area (TPSA) is 98.5 Å². The second kappa shape index (κ2) is 5.70. The molecule has 1 aromatic carbocycles. The van der Waals surface area contributed by atoms with E-state index < -0.39 is 15.1 Å². The lowest BCUT2D eigenvalue weighted by molar-refractivity contribution is 0.0950. The molecular formula is C13H18N2O4S. The Labute approximate surface area is 118 Å². The van der Waals surface area contributed by atoms with Crippen molar-refractivity contribution in [1.29, 1.82) is 0 Å². The van der Waals surface area contributed by atoms with Crippen molar-refractivity contribution < 1.29 is 17.9 Å². The molecule has 20 heavy (non-hydrogen) atoms. The zero-order chi connectivity index (χ0) is 14.8. The molecular weight excluding hydrogens is 280 g/mol. The predicted molar refractivity (Wildman–Crippen MR) is 76.5 cm³/mol. The van der Waals surface area contributed by atoms with Gasteiger partial charge in [-0.1, -0.05) is 0 Å². The molecule has 6 nitrogen and oxygen atoms in total. The zero-order valence-electron chi connectivity index (χ0n) is 11.3. The molecule has 1 amide bonds. The minimum absolute atomic E-state index is 0.124. The van der Waals surface area contributed by atoms with Crippen molar-refractivity contribution >= 4 is 21.4 Å². The van der Waals surface area contributed by atoms with E-state index in [4.69, 9.17) is 10.5 Å². The number of carbonyl (C=O) groups is 1. The molecule has 0 aromatic heterocycles. The highest BCUT2D eigenvalue weighted by Crippen LogP contribution is 2.22. The summed E-state index contributed by atoms with van der Waals surface area (Å²) in [5.74, 6) is 0.233. The first-order chi connectivity index (χ1) is 9.44. The normalized spacial score (nSPS) is 20.6. The second-order valence-electron chi connectivity index (χ2n) is 4.80. The maximum atomic E-state index is 12.1. The number of sulfone groups is 1. The average Bonchev–Trinajstić information content (AvgIpc) is 2.75. The lowest BCUT2D eigenvalue weighted by atomic mass is 10.1. The Bertz CT molecular complexity index is 613. The fourth-order valence-corrected chi connectivity index (χ4v) is 4.06.